The number of para-hydroxylation sites is 3. The SMILES string of the molecule is C=C/C=C1\C(=C/C)C(C)(C)C(C=C)=C(C=C)N1c1ccccc1.CC.Cc1ccc2c(c1)c1ccccc1n2-c1ccccc1. The van der Waals surface area contributed by atoms with Crippen LogP contribution >= 0.6 is 0 Å². The normalized spacial score (nSPS) is 15.7. The molecule has 0 spiro atoms. The molecule has 2 heterocycles. The molecule has 0 saturated carbocycles. The first-order chi connectivity index (χ1) is 21.9. The molecule has 1 aliphatic heterocycles. The number of hydrogen-bond donors (Lipinski definition) is 0. The van der Waals surface area contributed by atoms with Gasteiger partial charge in [0.2, 0.25) is 0 Å². The Bertz CT molecular complexity index is 1890. The van der Waals surface area contributed by atoms with E-state index in [2.05, 4.69) is 154 Å². The minimum absolute atomic E-state index is 0.139. The van der Waals surface area contributed by atoms with E-state index in [1.165, 1.54) is 44.2 Å². The molecule has 45 heavy (non-hydrogen) atoms. The number of nitrogens with zero attached hydrogens (tertiary/aromatic N) is 2. The summed E-state index contributed by atoms with van der Waals surface area (Å²) >= 11 is 0. The summed E-state index contributed by atoms with van der Waals surface area (Å²) in [6.45, 7) is 24.7. The minimum Gasteiger partial charge on any atom is -0.310 e. The van der Waals surface area contributed by atoms with E-state index in [-0.39, 0.29) is 5.41 Å². The predicted molar refractivity (Wildman–Crippen MR) is 199 cm³/mol. The van der Waals surface area contributed by atoms with Crippen molar-refractivity contribution in [2.24, 2.45) is 5.41 Å². The fourth-order valence-electron chi connectivity index (χ4n) is 6.30. The van der Waals surface area contributed by atoms with Gasteiger partial charge in [-0.3, -0.25) is 0 Å². The summed E-state index contributed by atoms with van der Waals surface area (Å²) in [5, 5.41) is 2.64. The molecule has 0 bridgehead atoms. The summed E-state index contributed by atoms with van der Waals surface area (Å²) in [5.41, 5.74) is 10.6. The highest BCUT2D eigenvalue weighted by Gasteiger charge is 2.38. The molecule has 0 fully saturated rings. The zero-order valence-corrected chi connectivity index (χ0v) is 27.7. The summed E-state index contributed by atoms with van der Waals surface area (Å²) in [6, 6.07) is 36.2. The van der Waals surface area contributed by atoms with Gasteiger partial charge in [0, 0.05) is 39.0 Å². The molecule has 4 aromatic carbocycles. The van der Waals surface area contributed by atoms with E-state index in [0.29, 0.717) is 0 Å². The maximum Gasteiger partial charge on any atom is 0.0541 e. The van der Waals surface area contributed by atoms with Gasteiger partial charge < -0.3 is 9.47 Å². The van der Waals surface area contributed by atoms with Gasteiger partial charge in [0.15, 0.2) is 0 Å². The van der Waals surface area contributed by atoms with Crippen molar-refractivity contribution < 1.29 is 0 Å². The van der Waals surface area contributed by atoms with Crippen LogP contribution in [0.2, 0.25) is 0 Å². The third kappa shape index (κ3) is 6.28. The van der Waals surface area contributed by atoms with E-state index in [9.17, 15) is 0 Å². The maximum absolute atomic E-state index is 4.05. The summed E-state index contributed by atoms with van der Waals surface area (Å²) < 4.78 is 2.34. The van der Waals surface area contributed by atoms with Gasteiger partial charge in [-0.15, -0.1) is 0 Å². The van der Waals surface area contributed by atoms with Crippen molar-refractivity contribution in [3.8, 4) is 5.69 Å². The monoisotopic (exact) mass is 590 g/mol. The molecule has 0 atom stereocenters. The Morgan fingerprint density at radius 3 is 1.82 bits per heavy atom. The molecule has 0 radical (unpaired) electrons. The van der Waals surface area contributed by atoms with Crippen molar-refractivity contribution in [2.75, 3.05) is 4.90 Å². The largest absolute Gasteiger partial charge is 0.310 e. The lowest BCUT2D eigenvalue weighted by molar-refractivity contribution is 0.535. The van der Waals surface area contributed by atoms with Crippen LogP contribution in [0.1, 0.15) is 40.2 Å². The molecule has 228 valence electrons. The number of hydrogen-bond acceptors (Lipinski definition) is 1. The number of benzene rings is 4. The van der Waals surface area contributed by atoms with E-state index in [4.69, 9.17) is 0 Å². The third-order valence-electron chi connectivity index (χ3n) is 8.20. The van der Waals surface area contributed by atoms with Crippen molar-refractivity contribution in [2.45, 2.75) is 41.5 Å². The van der Waals surface area contributed by atoms with Gasteiger partial charge in [0.05, 0.1) is 11.0 Å². The highest BCUT2D eigenvalue weighted by Crippen LogP contribution is 2.49. The van der Waals surface area contributed by atoms with E-state index in [1.807, 2.05) is 50.3 Å². The molecule has 0 unspecified atom stereocenters. The van der Waals surface area contributed by atoms with Crippen LogP contribution in [0.4, 0.5) is 5.69 Å². The van der Waals surface area contributed by atoms with Crippen molar-refractivity contribution in [3.05, 3.63) is 181 Å². The van der Waals surface area contributed by atoms with E-state index < -0.39 is 0 Å². The number of allylic oxidation sites excluding steroid dienone is 7. The lowest BCUT2D eigenvalue weighted by Gasteiger charge is -2.44. The molecule has 6 rings (SSSR count). The highest BCUT2D eigenvalue weighted by atomic mass is 15.2. The van der Waals surface area contributed by atoms with Crippen molar-refractivity contribution >= 4 is 27.5 Å². The van der Waals surface area contributed by atoms with Crippen molar-refractivity contribution in [1.82, 2.24) is 4.57 Å². The average Bonchev–Trinajstić information content (AvgIpc) is 3.40. The fourth-order valence-corrected chi connectivity index (χ4v) is 6.30. The number of aryl methyl sites for hydroxylation is 1. The average molecular weight is 591 g/mol. The highest BCUT2D eigenvalue weighted by molar-refractivity contribution is 6.09. The second-order valence-electron chi connectivity index (χ2n) is 11.2. The molecule has 0 aliphatic carbocycles. The van der Waals surface area contributed by atoms with Crippen LogP contribution in [0, 0.1) is 12.3 Å². The quantitative estimate of drug-likeness (QED) is 0.198. The summed E-state index contributed by atoms with van der Waals surface area (Å²) in [4.78, 5) is 2.23. The summed E-state index contributed by atoms with van der Waals surface area (Å²) in [7, 11) is 0. The van der Waals surface area contributed by atoms with Gasteiger partial charge >= 0.3 is 0 Å². The van der Waals surface area contributed by atoms with Gasteiger partial charge in [-0.2, -0.15) is 0 Å². The van der Waals surface area contributed by atoms with Gasteiger partial charge in [-0.05, 0) is 79.6 Å². The molecule has 2 heteroatoms. The first-order valence-corrected chi connectivity index (χ1v) is 15.8. The van der Waals surface area contributed by atoms with Crippen LogP contribution in [-0.2, 0) is 0 Å². The topological polar surface area (TPSA) is 8.17 Å². The molecule has 0 saturated heterocycles. The Morgan fingerprint density at radius 1 is 0.667 bits per heavy atom. The summed E-state index contributed by atoms with van der Waals surface area (Å²) in [6.07, 6.45) is 9.93. The maximum atomic E-state index is 4.05. The number of anilines is 1. The second kappa shape index (κ2) is 14.6. The number of rotatable bonds is 5. The van der Waals surface area contributed by atoms with Gasteiger partial charge in [-0.25, -0.2) is 0 Å². The minimum atomic E-state index is -0.139. The van der Waals surface area contributed by atoms with E-state index in [1.54, 1.807) is 0 Å². The van der Waals surface area contributed by atoms with Crippen LogP contribution in [-0.4, -0.2) is 4.57 Å². The first kappa shape index (κ1) is 32.8. The standard InChI is InChI=1S/C22H25N.C19H15N.C2H6/c1-7-14-21-19(9-3)22(5,6)18(8-2)20(10-4)23(21)17-15-12-11-13-16-17;1-14-11-12-19-17(13-14)16-9-5-6-10-18(16)20(19)15-7-3-2-4-8-15;1-2/h7-16H,1-2,4H2,3,5-6H3;2-13H,1H3;1-2H3/b19-9+,21-14+;;. The van der Waals surface area contributed by atoms with Crippen LogP contribution in [0.15, 0.2) is 176 Å². The predicted octanol–water partition coefficient (Wildman–Crippen LogP) is 12.3. The summed E-state index contributed by atoms with van der Waals surface area (Å²) in [5.74, 6) is 0. The Morgan fingerprint density at radius 2 is 1.24 bits per heavy atom. The fraction of sp³-hybridized carbons (Fsp3) is 0.163. The van der Waals surface area contributed by atoms with E-state index in [0.717, 1.165) is 17.1 Å². The molecular formula is C43H46N2. The second-order valence-corrected chi connectivity index (χ2v) is 11.2. The van der Waals surface area contributed by atoms with Crippen molar-refractivity contribution in [1.29, 1.82) is 0 Å². The smallest absolute Gasteiger partial charge is 0.0541 e. The Kier molecular flexibility index (Phi) is 10.6. The lowest BCUT2D eigenvalue weighted by atomic mass is 9.71. The Balaban J connectivity index is 0.000000195. The van der Waals surface area contributed by atoms with Gasteiger partial charge in [-0.1, -0.05) is 132 Å². The molecule has 2 nitrogen and oxygen atoms in total. The van der Waals surface area contributed by atoms with Crippen LogP contribution < -0.4 is 4.90 Å². The van der Waals surface area contributed by atoms with Gasteiger partial charge in [0.25, 0.3) is 0 Å². The molecule has 0 N–H and O–H groups in total. The van der Waals surface area contributed by atoms with Crippen LogP contribution in [0.5, 0.6) is 0 Å². The Labute approximate surface area is 270 Å². The zero-order chi connectivity index (χ0) is 32.6. The molecule has 1 aromatic heterocycles. The molecule has 5 aromatic rings. The first-order valence-electron chi connectivity index (χ1n) is 15.8. The zero-order valence-electron chi connectivity index (χ0n) is 27.7. The molecular weight excluding hydrogens is 544 g/mol. The lowest BCUT2D eigenvalue weighted by Crippen LogP contribution is -2.36. The number of fused-ring (bicyclic) bond motifs is 3. The van der Waals surface area contributed by atoms with E-state index >= 15 is 0 Å². The Hall–Kier alpha value is -5.08. The van der Waals surface area contributed by atoms with Crippen LogP contribution in [0.3, 0.4) is 0 Å². The third-order valence-corrected chi connectivity index (χ3v) is 8.20. The van der Waals surface area contributed by atoms with Crippen LogP contribution in [0.25, 0.3) is 27.5 Å². The molecule has 0 amide bonds. The number of aromatic nitrogens is 1. The molecule has 1 aliphatic rings. The van der Waals surface area contributed by atoms with Gasteiger partial charge in [0.1, 0.15) is 0 Å². The van der Waals surface area contributed by atoms with Crippen molar-refractivity contribution in [3.63, 3.8) is 0 Å².